The third-order valence-electron chi connectivity index (χ3n) is 5.78. The van der Waals surface area contributed by atoms with E-state index >= 15 is 0 Å². The molecule has 2 aliphatic carbocycles. The Morgan fingerprint density at radius 1 is 1.26 bits per heavy atom. The summed E-state index contributed by atoms with van der Waals surface area (Å²) < 4.78 is 0. The number of carbonyl (C=O) groups excluding carboxylic acids is 2. The zero-order valence-corrected chi connectivity index (χ0v) is 14.4. The minimum atomic E-state index is -0.721. The van der Waals surface area contributed by atoms with Crippen LogP contribution in [0.3, 0.4) is 0 Å². The van der Waals surface area contributed by atoms with E-state index in [2.05, 4.69) is 18.3 Å². The summed E-state index contributed by atoms with van der Waals surface area (Å²) in [5, 5.41) is 3.03. The summed E-state index contributed by atoms with van der Waals surface area (Å²) in [6.07, 6.45) is 11.8. The molecule has 23 heavy (non-hydrogen) atoms. The van der Waals surface area contributed by atoms with Crippen molar-refractivity contribution in [3.63, 3.8) is 0 Å². The largest absolute Gasteiger partial charge is 0.355 e. The highest BCUT2D eigenvalue weighted by atomic mass is 16.2. The van der Waals surface area contributed by atoms with Gasteiger partial charge in [-0.15, -0.1) is 0 Å². The van der Waals surface area contributed by atoms with Crippen LogP contribution < -0.4 is 5.32 Å². The van der Waals surface area contributed by atoms with E-state index in [1.165, 1.54) is 31.3 Å². The lowest BCUT2D eigenvalue weighted by Gasteiger charge is -2.32. The van der Waals surface area contributed by atoms with Gasteiger partial charge in [-0.25, -0.2) is 0 Å². The van der Waals surface area contributed by atoms with E-state index in [0.717, 1.165) is 45.2 Å². The van der Waals surface area contributed by atoms with Crippen molar-refractivity contribution >= 4 is 11.8 Å². The zero-order valence-electron chi connectivity index (χ0n) is 14.4. The van der Waals surface area contributed by atoms with Crippen LogP contribution in [0.15, 0.2) is 11.6 Å². The molecule has 2 amide bonds. The molecule has 2 fully saturated rings. The summed E-state index contributed by atoms with van der Waals surface area (Å²) >= 11 is 0. The first-order valence-electron chi connectivity index (χ1n) is 9.37. The van der Waals surface area contributed by atoms with Crippen LogP contribution in [0, 0.1) is 11.3 Å². The number of piperidine rings is 1. The van der Waals surface area contributed by atoms with Gasteiger partial charge in [0.1, 0.15) is 5.41 Å². The molecule has 1 heterocycles. The van der Waals surface area contributed by atoms with E-state index in [0.29, 0.717) is 12.5 Å². The van der Waals surface area contributed by atoms with E-state index in [1.807, 2.05) is 4.90 Å². The Bertz CT molecular complexity index is 486. The SMILES string of the molecule is CC1CCN(C(=O)C2(C(=O)NCCC3=CCCCC3)CC2)CC1. The third kappa shape index (κ3) is 3.78. The summed E-state index contributed by atoms with van der Waals surface area (Å²) in [6.45, 7) is 4.56. The van der Waals surface area contributed by atoms with Crippen LogP contribution in [0.4, 0.5) is 0 Å². The fraction of sp³-hybridized carbons (Fsp3) is 0.789. The molecule has 0 aromatic carbocycles. The summed E-state index contributed by atoms with van der Waals surface area (Å²) in [4.78, 5) is 27.2. The van der Waals surface area contributed by atoms with Crippen LogP contribution >= 0.6 is 0 Å². The fourth-order valence-corrected chi connectivity index (χ4v) is 3.81. The Kier molecular flexibility index (Phi) is 5.08. The summed E-state index contributed by atoms with van der Waals surface area (Å²) in [5.41, 5.74) is 0.749. The Labute approximate surface area is 139 Å². The molecule has 1 N–H and O–H groups in total. The van der Waals surface area contributed by atoms with Crippen LogP contribution in [0.1, 0.15) is 64.7 Å². The normalized spacial score (nSPS) is 24.0. The lowest BCUT2D eigenvalue weighted by Crippen LogP contribution is -2.48. The van der Waals surface area contributed by atoms with Crippen molar-refractivity contribution in [2.75, 3.05) is 19.6 Å². The highest BCUT2D eigenvalue weighted by Crippen LogP contribution is 2.48. The predicted molar refractivity (Wildman–Crippen MR) is 90.8 cm³/mol. The molecule has 0 aromatic heterocycles. The van der Waals surface area contributed by atoms with Gasteiger partial charge in [0.2, 0.25) is 11.8 Å². The number of likely N-dealkylation sites (tertiary alicyclic amines) is 1. The van der Waals surface area contributed by atoms with Gasteiger partial charge in [0.25, 0.3) is 0 Å². The van der Waals surface area contributed by atoms with Crippen molar-refractivity contribution in [3.8, 4) is 0 Å². The Hall–Kier alpha value is -1.32. The summed E-state index contributed by atoms with van der Waals surface area (Å²) in [7, 11) is 0. The van der Waals surface area contributed by atoms with Gasteiger partial charge in [-0.3, -0.25) is 9.59 Å². The number of carbonyl (C=O) groups is 2. The molecule has 1 saturated heterocycles. The van der Waals surface area contributed by atoms with Crippen molar-refractivity contribution in [2.45, 2.75) is 64.7 Å². The monoisotopic (exact) mass is 318 g/mol. The molecule has 0 atom stereocenters. The van der Waals surface area contributed by atoms with Crippen LogP contribution in [-0.4, -0.2) is 36.3 Å². The van der Waals surface area contributed by atoms with E-state index in [1.54, 1.807) is 0 Å². The Balaban J connectivity index is 1.48. The van der Waals surface area contributed by atoms with Gasteiger partial charge in [-0.2, -0.15) is 0 Å². The van der Waals surface area contributed by atoms with Gasteiger partial charge in [-0.05, 0) is 63.7 Å². The topological polar surface area (TPSA) is 49.4 Å². The van der Waals surface area contributed by atoms with E-state index in [-0.39, 0.29) is 11.8 Å². The third-order valence-corrected chi connectivity index (χ3v) is 5.78. The van der Waals surface area contributed by atoms with Gasteiger partial charge in [-0.1, -0.05) is 18.6 Å². The molecule has 4 heteroatoms. The molecule has 0 radical (unpaired) electrons. The van der Waals surface area contributed by atoms with Crippen LogP contribution in [0.25, 0.3) is 0 Å². The van der Waals surface area contributed by atoms with Crippen molar-refractivity contribution in [1.82, 2.24) is 10.2 Å². The van der Waals surface area contributed by atoms with Gasteiger partial charge < -0.3 is 10.2 Å². The van der Waals surface area contributed by atoms with E-state index in [4.69, 9.17) is 0 Å². The van der Waals surface area contributed by atoms with Crippen molar-refractivity contribution in [3.05, 3.63) is 11.6 Å². The fourth-order valence-electron chi connectivity index (χ4n) is 3.81. The lowest BCUT2D eigenvalue weighted by molar-refractivity contribution is -0.145. The van der Waals surface area contributed by atoms with Gasteiger partial charge in [0.05, 0.1) is 0 Å². The van der Waals surface area contributed by atoms with Crippen LogP contribution in [-0.2, 0) is 9.59 Å². The molecule has 4 nitrogen and oxygen atoms in total. The zero-order chi connectivity index (χ0) is 16.3. The second kappa shape index (κ2) is 7.06. The molecule has 0 spiro atoms. The quantitative estimate of drug-likeness (QED) is 0.626. The molecule has 1 saturated carbocycles. The number of nitrogens with one attached hydrogen (secondary N) is 1. The van der Waals surface area contributed by atoms with E-state index < -0.39 is 5.41 Å². The van der Waals surface area contributed by atoms with Crippen LogP contribution in [0.5, 0.6) is 0 Å². The van der Waals surface area contributed by atoms with Crippen LogP contribution in [0.2, 0.25) is 0 Å². The number of allylic oxidation sites excluding steroid dienone is 1. The number of hydrogen-bond donors (Lipinski definition) is 1. The number of amides is 2. The molecule has 0 bridgehead atoms. The van der Waals surface area contributed by atoms with E-state index in [9.17, 15) is 9.59 Å². The lowest BCUT2D eigenvalue weighted by atomic mass is 9.96. The molecule has 0 unspecified atom stereocenters. The standard InChI is InChI=1S/C19H30N2O2/c1-15-8-13-21(14-9-15)18(23)19(10-11-19)17(22)20-12-7-16-5-3-2-4-6-16/h5,15H,2-4,6-14H2,1H3,(H,20,22). The first-order chi connectivity index (χ1) is 11.1. The second-order valence-electron chi connectivity index (χ2n) is 7.67. The maximum absolute atomic E-state index is 12.7. The average Bonchev–Trinajstić information content (AvgIpc) is 3.38. The summed E-state index contributed by atoms with van der Waals surface area (Å²) in [5.74, 6) is 0.753. The Morgan fingerprint density at radius 2 is 2.00 bits per heavy atom. The molecule has 0 aromatic rings. The minimum Gasteiger partial charge on any atom is -0.355 e. The summed E-state index contributed by atoms with van der Waals surface area (Å²) in [6, 6.07) is 0. The number of rotatable bonds is 5. The molecular weight excluding hydrogens is 288 g/mol. The second-order valence-corrected chi connectivity index (χ2v) is 7.67. The molecule has 3 aliphatic rings. The van der Waals surface area contributed by atoms with Gasteiger partial charge >= 0.3 is 0 Å². The molecule has 3 rings (SSSR count). The van der Waals surface area contributed by atoms with Gasteiger partial charge in [0.15, 0.2) is 0 Å². The molecular formula is C19H30N2O2. The Morgan fingerprint density at radius 3 is 2.61 bits per heavy atom. The number of nitrogens with zero attached hydrogens (tertiary/aromatic N) is 1. The molecule has 1 aliphatic heterocycles. The van der Waals surface area contributed by atoms with Crippen molar-refractivity contribution in [2.24, 2.45) is 11.3 Å². The maximum atomic E-state index is 12.7. The van der Waals surface area contributed by atoms with Crippen molar-refractivity contribution < 1.29 is 9.59 Å². The first-order valence-corrected chi connectivity index (χ1v) is 9.37. The van der Waals surface area contributed by atoms with Gasteiger partial charge in [0, 0.05) is 19.6 Å². The first kappa shape index (κ1) is 16.5. The van der Waals surface area contributed by atoms with Crippen molar-refractivity contribution in [1.29, 1.82) is 0 Å². The predicted octanol–water partition coefficient (Wildman–Crippen LogP) is 3.03. The maximum Gasteiger partial charge on any atom is 0.238 e. The minimum absolute atomic E-state index is 0.0301. The average molecular weight is 318 g/mol. The number of hydrogen-bond acceptors (Lipinski definition) is 2. The smallest absolute Gasteiger partial charge is 0.238 e. The molecule has 128 valence electrons. The highest BCUT2D eigenvalue weighted by Gasteiger charge is 2.57. The highest BCUT2D eigenvalue weighted by molar-refractivity contribution is 6.07.